The van der Waals surface area contributed by atoms with E-state index in [-0.39, 0.29) is 27.8 Å². The van der Waals surface area contributed by atoms with Crippen LogP contribution in [0.5, 0.6) is 5.75 Å². The van der Waals surface area contributed by atoms with Crippen LogP contribution in [-0.2, 0) is 58.7 Å². The molecule has 0 aliphatic carbocycles. The van der Waals surface area contributed by atoms with Crippen LogP contribution in [0.4, 0.5) is 0 Å². The lowest BCUT2D eigenvalue weighted by Gasteiger charge is -2.44. The van der Waals surface area contributed by atoms with Crippen LogP contribution in [0.1, 0.15) is 38.8 Å². The van der Waals surface area contributed by atoms with Crippen LogP contribution in [-0.4, -0.2) is 74.2 Å². The number of rotatable bonds is 9. The molecule has 224 valence electrons. The second kappa shape index (κ2) is 12.7. The molecule has 0 spiro atoms. The molecule has 5 atom stereocenters. The van der Waals surface area contributed by atoms with Crippen LogP contribution in [0, 0.1) is 6.92 Å². The van der Waals surface area contributed by atoms with Crippen molar-refractivity contribution in [3.63, 3.8) is 0 Å². The van der Waals surface area contributed by atoms with Crippen LogP contribution >= 0.6 is 0 Å². The highest BCUT2D eigenvalue weighted by molar-refractivity contribution is 7.85. The molecule has 1 N–H and O–H groups in total. The molecular weight excluding hydrogens is 572 g/mol. The molecule has 2 heterocycles. The molecule has 16 heteroatoms. The standard InChI is InChI=1S/C25H28O15S/c1-11-18(7-6-17-16(10-41(31,32)33)8-20(30)40-21(11)17)38-25-24(37-15(5)29)23(36-14(4)28)22(35-13(3)27)19(39-25)9-34-12(2)26/h6-8,19,22-25H,9-10H2,1-5H3,(H,31,32,33)/t19?,22-,23?,24-,25+/m0/s1. The van der Waals surface area contributed by atoms with Crippen molar-refractivity contribution in [3.05, 3.63) is 39.7 Å². The molecule has 1 aliphatic heterocycles. The van der Waals surface area contributed by atoms with Gasteiger partial charge in [0.15, 0.2) is 12.2 Å². The van der Waals surface area contributed by atoms with E-state index in [2.05, 4.69) is 0 Å². The number of esters is 4. The Hall–Kier alpha value is -4.02. The summed E-state index contributed by atoms with van der Waals surface area (Å²) in [6, 6.07) is 3.67. The first-order valence-corrected chi connectivity index (χ1v) is 13.6. The van der Waals surface area contributed by atoms with Gasteiger partial charge in [-0.2, -0.15) is 8.42 Å². The number of benzene rings is 1. The highest BCUT2D eigenvalue weighted by Gasteiger charge is 2.53. The zero-order valence-corrected chi connectivity index (χ0v) is 23.4. The van der Waals surface area contributed by atoms with Crippen molar-refractivity contribution in [3.8, 4) is 5.75 Å². The first-order valence-electron chi connectivity index (χ1n) is 12.0. The van der Waals surface area contributed by atoms with Gasteiger partial charge in [-0.05, 0) is 24.6 Å². The fraction of sp³-hybridized carbons (Fsp3) is 0.480. The smallest absolute Gasteiger partial charge is 0.336 e. The third-order valence-electron chi connectivity index (χ3n) is 5.73. The zero-order chi connectivity index (χ0) is 30.6. The summed E-state index contributed by atoms with van der Waals surface area (Å²) in [7, 11) is -4.49. The number of carbonyl (C=O) groups is 4. The molecule has 15 nitrogen and oxygen atoms in total. The van der Waals surface area contributed by atoms with E-state index in [0.717, 1.165) is 33.8 Å². The molecule has 3 rings (SSSR count). The van der Waals surface area contributed by atoms with Crippen molar-refractivity contribution in [2.24, 2.45) is 0 Å². The molecule has 0 saturated carbocycles. The van der Waals surface area contributed by atoms with Crippen molar-refractivity contribution in [1.29, 1.82) is 0 Å². The summed E-state index contributed by atoms with van der Waals surface area (Å²) >= 11 is 0. The van der Waals surface area contributed by atoms with E-state index in [1.54, 1.807) is 0 Å². The second-order valence-corrected chi connectivity index (χ2v) is 10.5. The van der Waals surface area contributed by atoms with E-state index in [1.165, 1.54) is 19.1 Å². The van der Waals surface area contributed by atoms with Crippen LogP contribution in [0.25, 0.3) is 11.0 Å². The molecule has 1 aliphatic rings. The normalized spacial score (nSPS) is 22.4. The minimum Gasteiger partial charge on any atom is -0.463 e. The SMILES string of the molecule is CC(=O)OCC1O[C@@H](Oc2ccc3c(CS(=O)(=O)O)cc(=O)oc3c2C)[C@@H](OC(C)=O)C(OC(C)=O)[C@H]1OC(C)=O. The van der Waals surface area contributed by atoms with Crippen molar-refractivity contribution >= 4 is 45.0 Å². The number of ether oxygens (including phenoxy) is 6. The molecule has 0 bridgehead atoms. The lowest BCUT2D eigenvalue weighted by Crippen LogP contribution is -2.63. The predicted molar refractivity (Wildman–Crippen MR) is 135 cm³/mol. The number of carbonyl (C=O) groups excluding carboxylic acids is 4. The molecule has 1 saturated heterocycles. The van der Waals surface area contributed by atoms with Crippen molar-refractivity contribution in [2.45, 2.75) is 71.1 Å². The average molecular weight is 601 g/mol. The number of aryl methyl sites for hydroxylation is 1. The van der Waals surface area contributed by atoms with Crippen molar-refractivity contribution in [2.75, 3.05) is 6.61 Å². The quantitative estimate of drug-likeness (QED) is 0.184. The van der Waals surface area contributed by atoms with Gasteiger partial charge in [0.2, 0.25) is 12.4 Å². The maximum Gasteiger partial charge on any atom is 0.336 e. The molecular formula is C25H28O15S. The Morgan fingerprint density at radius 2 is 1.49 bits per heavy atom. The monoisotopic (exact) mass is 600 g/mol. The number of hydrogen-bond donors (Lipinski definition) is 1. The highest BCUT2D eigenvalue weighted by Crippen LogP contribution is 2.34. The molecule has 2 aromatic rings. The maximum atomic E-state index is 12.2. The summed E-state index contributed by atoms with van der Waals surface area (Å²) in [6.45, 7) is 5.36. The average Bonchev–Trinajstić information content (AvgIpc) is 2.81. The largest absolute Gasteiger partial charge is 0.463 e. The van der Waals surface area contributed by atoms with Crippen LogP contribution in [0.2, 0.25) is 0 Å². The minimum atomic E-state index is -4.49. The number of hydrogen-bond acceptors (Lipinski definition) is 14. The van der Waals surface area contributed by atoms with Gasteiger partial charge in [0.1, 0.15) is 29.8 Å². The maximum absolute atomic E-state index is 12.2. The third kappa shape index (κ3) is 8.25. The summed E-state index contributed by atoms with van der Waals surface area (Å²) < 4.78 is 70.4. The molecule has 1 aromatic carbocycles. The second-order valence-electron chi connectivity index (χ2n) is 9.07. The zero-order valence-electron chi connectivity index (χ0n) is 22.6. The Morgan fingerprint density at radius 3 is 2.05 bits per heavy atom. The molecule has 41 heavy (non-hydrogen) atoms. The van der Waals surface area contributed by atoms with Crippen molar-refractivity contribution in [1.82, 2.24) is 0 Å². The van der Waals surface area contributed by atoms with E-state index < -0.39 is 82.7 Å². The summed E-state index contributed by atoms with van der Waals surface area (Å²) in [5, 5.41) is 0.189. The van der Waals surface area contributed by atoms with Gasteiger partial charge in [-0.15, -0.1) is 0 Å². The molecule has 1 aromatic heterocycles. The Bertz CT molecular complexity index is 1510. The molecule has 1 fully saturated rings. The Morgan fingerprint density at radius 1 is 0.902 bits per heavy atom. The summed E-state index contributed by atoms with van der Waals surface area (Å²) in [6.07, 6.45) is -7.19. The molecule has 0 radical (unpaired) electrons. The Labute approximate surface area is 233 Å². The van der Waals surface area contributed by atoms with Gasteiger partial charge in [-0.25, -0.2) is 4.79 Å². The number of fused-ring (bicyclic) bond motifs is 1. The first kappa shape index (κ1) is 31.5. The summed E-state index contributed by atoms with van der Waals surface area (Å²) in [5.41, 5.74) is -0.812. The van der Waals surface area contributed by atoms with Gasteiger partial charge in [-0.1, -0.05) is 0 Å². The van der Waals surface area contributed by atoms with E-state index in [9.17, 15) is 36.9 Å². The highest BCUT2D eigenvalue weighted by atomic mass is 32.2. The minimum absolute atomic E-state index is 0.00514. The van der Waals surface area contributed by atoms with Crippen LogP contribution in [0.3, 0.4) is 0 Å². The fourth-order valence-corrected chi connectivity index (χ4v) is 4.89. The third-order valence-corrected chi connectivity index (χ3v) is 6.40. The van der Waals surface area contributed by atoms with Crippen LogP contribution < -0.4 is 10.4 Å². The van der Waals surface area contributed by atoms with Gasteiger partial charge < -0.3 is 32.8 Å². The molecule has 0 amide bonds. The topological polar surface area (TPSA) is 208 Å². The van der Waals surface area contributed by atoms with E-state index >= 15 is 0 Å². The van der Waals surface area contributed by atoms with Gasteiger partial charge in [-0.3, -0.25) is 23.7 Å². The van der Waals surface area contributed by atoms with Gasteiger partial charge in [0.25, 0.3) is 10.1 Å². The lowest BCUT2D eigenvalue weighted by atomic mass is 9.98. The Balaban J connectivity index is 2.10. The summed E-state index contributed by atoms with van der Waals surface area (Å²) in [5.74, 6) is -4.00. The fourth-order valence-electron chi connectivity index (χ4n) is 4.26. The molecule has 2 unspecified atom stereocenters. The first-order chi connectivity index (χ1) is 19.1. The van der Waals surface area contributed by atoms with E-state index in [1.807, 2.05) is 0 Å². The lowest BCUT2D eigenvalue weighted by molar-refractivity contribution is -0.288. The van der Waals surface area contributed by atoms with Crippen LogP contribution in [0.15, 0.2) is 27.4 Å². The van der Waals surface area contributed by atoms with Crippen molar-refractivity contribution < 1.29 is 65.0 Å². The van der Waals surface area contributed by atoms with Gasteiger partial charge in [0.05, 0.1) is 0 Å². The predicted octanol–water partition coefficient (Wildman–Crippen LogP) is 0.951. The van der Waals surface area contributed by atoms with E-state index in [0.29, 0.717) is 0 Å². The van der Waals surface area contributed by atoms with Gasteiger partial charge in [0, 0.05) is 44.7 Å². The van der Waals surface area contributed by atoms with E-state index in [4.69, 9.17) is 32.8 Å². The Kier molecular flexibility index (Phi) is 9.73. The van der Waals surface area contributed by atoms with Gasteiger partial charge >= 0.3 is 29.5 Å². The summed E-state index contributed by atoms with van der Waals surface area (Å²) in [4.78, 5) is 59.6.